The summed E-state index contributed by atoms with van der Waals surface area (Å²) in [7, 11) is 0. The minimum atomic E-state index is -0.624. The number of carbonyl (C=O) groups is 1. The first-order valence-electron chi connectivity index (χ1n) is 5.05. The van der Waals surface area contributed by atoms with E-state index in [1.165, 1.54) is 0 Å². The zero-order valence-corrected chi connectivity index (χ0v) is 9.92. The predicted octanol–water partition coefficient (Wildman–Crippen LogP) is 2.71. The monoisotopic (exact) mass is 198 g/mol. The van der Waals surface area contributed by atoms with Crippen molar-refractivity contribution in [2.45, 2.75) is 53.1 Å². The Balaban J connectivity index is 4.14. The van der Waals surface area contributed by atoms with Crippen LogP contribution in [0.5, 0.6) is 0 Å². The molecule has 0 saturated heterocycles. The summed E-state index contributed by atoms with van der Waals surface area (Å²) >= 11 is 0. The van der Waals surface area contributed by atoms with Gasteiger partial charge in [0.15, 0.2) is 5.78 Å². The van der Waals surface area contributed by atoms with Crippen molar-refractivity contribution in [2.24, 2.45) is 5.41 Å². The third-order valence-electron chi connectivity index (χ3n) is 2.15. The molecule has 0 aromatic heterocycles. The lowest BCUT2D eigenvalue weighted by Crippen LogP contribution is -2.22. The summed E-state index contributed by atoms with van der Waals surface area (Å²) in [5.74, 6) is 0.0707. The van der Waals surface area contributed by atoms with Crippen molar-refractivity contribution < 1.29 is 9.90 Å². The Morgan fingerprint density at radius 3 is 2.07 bits per heavy atom. The van der Waals surface area contributed by atoms with Crippen LogP contribution in [0.25, 0.3) is 0 Å². The predicted molar refractivity (Wildman–Crippen MR) is 59.1 cm³/mol. The molecule has 0 unspecified atom stereocenters. The van der Waals surface area contributed by atoms with Crippen molar-refractivity contribution in [3.05, 3.63) is 12.2 Å². The molecule has 0 aliphatic carbocycles. The Kier molecular flexibility index (Phi) is 4.53. The fraction of sp³-hybridized carbons (Fsp3) is 0.750. The molecule has 0 fully saturated rings. The van der Waals surface area contributed by atoms with E-state index < -0.39 is 5.60 Å². The van der Waals surface area contributed by atoms with Crippen LogP contribution in [0, 0.1) is 5.41 Å². The first-order chi connectivity index (χ1) is 6.12. The molecule has 0 spiro atoms. The average Bonchev–Trinajstić information content (AvgIpc) is 1.97. The SMILES string of the molecule is CC(=O)/C=C/C(C)(C)CCC(C)(C)O. The normalized spacial score (nSPS) is 13.6. The van der Waals surface area contributed by atoms with Gasteiger partial charge in [0.1, 0.15) is 0 Å². The van der Waals surface area contributed by atoms with Crippen LogP contribution in [0.1, 0.15) is 47.5 Å². The van der Waals surface area contributed by atoms with E-state index in [0.29, 0.717) is 0 Å². The molecule has 2 heteroatoms. The standard InChI is InChI=1S/C12H22O2/c1-10(13)6-7-11(2,3)8-9-12(4,5)14/h6-7,14H,8-9H2,1-5H3/b7-6+. The number of aliphatic hydroxyl groups is 1. The summed E-state index contributed by atoms with van der Waals surface area (Å²) in [5, 5.41) is 9.57. The van der Waals surface area contributed by atoms with Crippen molar-refractivity contribution in [3.63, 3.8) is 0 Å². The van der Waals surface area contributed by atoms with E-state index in [9.17, 15) is 9.90 Å². The van der Waals surface area contributed by atoms with Gasteiger partial charge in [-0.1, -0.05) is 19.9 Å². The Bertz CT molecular complexity index is 219. The maximum atomic E-state index is 10.8. The molecule has 0 atom stereocenters. The van der Waals surface area contributed by atoms with E-state index in [-0.39, 0.29) is 11.2 Å². The molecule has 0 rings (SSSR count). The maximum absolute atomic E-state index is 10.8. The molecular weight excluding hydrogens is 176 g/mol. The summed E-state index contributed by atoms with van der Waals surface area (Å²) in [6.45, 7) is 9.29. The molecule has 0 amide bonds. The van der Waals surface area contributed by atoms with Crippen molar-refractivity contribution >= 4 is 5.78 Å². The van der Waals surface area contributed by atoms with E-state index in [1.54, 1.807) is 26.8 Å². The molecule has 0 aliphatic rings. The molecule has 0 aromatic rings. The second-order valence-corrected chi connectivity index (χ2v) is 5.24. The van der Waals surface area contributed by atoms with Crippen LogP contribution in [-0.4, -0.2) is 16.5 Å². The lowest BCUT2D eigenvalue weighted by Gasteiger charge is -2.25. The molecule has 14 heavy (non-hydrogen) atoms. The smallest absolute Gasteiger partial charge is 0.152 e. The minimum absolute atomic E-state index is 0.0222. The van der Waals surface area contributed by atoms with Gasteiger partial charge in [-0.25, -0.2) is 0 Å². The first kappa shape index (κ1) is 13.4. The second kappa shape index (κ2) is 4.74. The molecular formula is C12H22O2. The summed E-state index contributed by atoms with van der Waals surface area (Å²) < 4.78 is 0. The molecule has 0 aliphatic heterocycles. The highest BCUT2D eigenvalue weighted by atomic mass is 16.3. The van der Waals surface area contributed by atoms with Crippen LogP contribution >= 0.6 is 0 Å². The van der Waals surface area contributed by atoms with Crippen molar-refractivity contribution in [1.82, 2.24) is 0 Å². The summed E-state index contributed by atoms with van der Waals surface area (Å²) in [6.07, 6.45) is 5.13. The third kappa shape index (κ3) is 7.99. The number of hydrogen-bond donors (Lipinski definition) is 1. The van der Waals surface area contributed by atoms with E-state index in [0.717, 1.165) is 12.8 Å². The Labute approximate surface area is 87.0 Å². The van der Waals surface area contributed by atoms with Gasteiger partial charge < -0.3 is 5.11 Å². The van der Waals surface area contributed by atoms with Gasteiger partial charge in [-0.2, -0.15) is 0 Å². The number of rotatable bonds is 5. The number of hydrogen-bond acceptors (Lipinski definition) is 2. The van der Waals surface area contributed by atoms with Crippen LogP contribution < -0.4 is 0 Å². The van der Waals surface area contributed by atoms with Crippen LogP contribution in [0.3, 0.4) is 0 Å². The van der Waals surface area contributed by atoms with Gasteiger partial charge in [-0.15, -0.1) is 0 Å². The molecule has 82 valence electrons. The van der Waals surface area contributed by atoms with Gasteiger partial charge >= 0.3 is 0 Å². The highest BCUT2D eigenvalue weighted by molar-refractivity contribution is 5.87. The topological polar surface area (TPSA) is 37.3 Å². The van der Waals surface area contributed by atoms with Gasteiger partial charge in [0.2, 0.25) is 0 Å². The van der Waals surface area contributed by atoms with Gasteiger partial charge in [0, 0.05) is 0 Å². The molecule has 1 N–H and O–H groups in total. The van der Waals surface area contributed by atoms with E-state index >= 15 is 0 Å². The van der Waals surface area contributed by atoms with Crippen LogP contribution in [0.2, 0.25) is 0 Å². The van der Waals surface area contributed by atoms with Crippen molar-refractivity contribution in [3.8, 4) is 0 Å². The minimum Gasteiger partial charge on any atom is -0.390 e. The second-order valence-electron chi connectivity index (χ2n) is 5.24. The van der Waals surface area contributed by atoms with E-state index in [1.807, 2.05) is 6.08 Å². The third-order valence-corrected chi connectivity index (χ3v) is 2.15. The molecule has 2 nitrogen and oxygen atoms in total. The van der Waals surface area contributed by atoms with Crippen LogP contribution in [-0.2, 0) is 4.79 Å². The summed E-state index contributed by atoms with van der Waals surface area (Å²) in [6, 6.07) is 0. The highest BCUT2D eigenvalue weighted by Crippen LogP contribution is 2.27. The highest BCUT2D eigenvalue weighted by Gasteiger charge is 2.20. The van der Waals surface area contributed by atoms with E-state index in [2.05, 4.69) is 13.8 Å². The van der Waals surface area contributed by atoms with Crippen molar-refractivity contribution in [2.75, 3.05) is 0 Å². The molecule has 0 saturated carbocycles. The lowest BCUT2D eigenvalue weighted by molar-refractivity contribution is -0.112. The fourth-order valence-electron chi connectivity index (χ4n) is 1.05. The lowest BCUT2D eigenvalue weighted by atomic mass is 9.83. The Morgan fingerprint density at radius 2 is 1.71 bits per heavy atom. The number of ketones is 1. The fourth-order valence-corrected chi connectivity index (χ4v) is 1.05. The van der Waals surface area contributed by atoms with Gasteiger partial charge in [0.05, 0.1) is 5.60 Å². The van der Waals surface area contributed by atoms with Crippen molar-refractivity contribution in [1.29, 1.82) is 0 Å². The molecule has 0 bridgehead atoms. The summed E-state index contributed by atoms with van der Waals surface area (Å²) in [5.41, 5.74) is -0.646. The quantitative estimate of drug-likeness (QED) is 0.690. The number of allylic oxidation sites excluding steroid dienone is 2. The zero-order valence-electron chi connectivity index (χ0n) is 9.92. The molecule has 0 heterocycles. The van der Waals surface area contributed by atoms with Crippen LogP contribution in [0.15, 0.2) is 12.2 Å². The largest absolute Gasteiger partial charge is 0.390 e. The van der Waals surface area contributed by atoms with Gasteiger partial charge in [-0.05, 0) is 45.1 Å². The van der Waals surface area contributed by atoms with Gasteiger partial charge in [0.25, 0.3) is 0 Å². The molecule has 0 radical (unpaired) electrons. The zero-order chi connectivity index (χ0) is 11.4. The first-order valence-corrected chi connectivity index (χ1v) is 5.05. The van der Waals surface area contributed by atoms with E-state index in [4.69, 9.17) is 0 Å². The van der Waals surface area contributed by atoms with Crippen LogP contribution in [0.4, 0.5) is 0 Å². The summed E-state index contributed by atoms with van der Waals surface area (Å²) in [4.78, 5) is 10.8. The molecule has 0 aromatic carbocycles. The Hall–Kier alpha value is -0.630. The number of carbonyl (C=O) groups excluding carboxylic acids is 1. The Morgan fingerprint density at radius 1 is 1.21 bits per heavy atom. The maximum Gasteiger partial charge on any atom is 0.152 e. The average molecular weight is 198 g/mol. The van der Waals surface area contributed by atoms with Gasteiger partial charge in [-0.3, -0.25) is 4.79 Å².